The molecule has 0 aromatic heterocycles. The summed E-state index contributed by atoms with van der Waals surface area (Å²) >= 11 is 5.97. The van der Waals surface area contributed by atoms with E-state index < -0.39 is 18.1 Å². The fourth-order valence-electron chi connectivity index (χ4n) is 3.47. The topological polar surface area (TPSA) is 79.0 Å². The van der Waals surface area contributed by atoms with Crippen molar-refractivity contribution in [2.45, 2.75) is 32.4 Å². The molecule has 0 saturated carbocycles. The normalized spacial score (nSPS) is 25.4. The molecule has 3 rings (SSSR count). The Hall–Kier alpha value is -1.96. The first-order valence-electron chi connectivity index (χ1n) is 9.06. The van der Waals surface area contributed by atoms with Gasteiger partial charge in [-0.1, -0.05) is 37.6 Å². The van der Waals surface area contributed by atoms with Gasteiger partial charge in [-0.2, -0.15) is 5.06 Å². The average molecular weight is 394 g/mol. The maximum atomic E-state index is 12.6. The van der Waals surface area contributed by atoms with E-state index in [0.717, 1.165) is 16.9 Å². The molecule has 0 aliphatic carbocycles. The Bertz CT molecular complexity index is 737. The van der Waals surface area contributed by atoms with E-state index in [9.17, 15) is 14.4 Å². The van der Waals surface area contributed by atoms with Crippen LogP contribution >= 0.6 is 11.6 Å². The number of benzene rings is 1. The maximum absolute atomic E-state index is 12.6. The highest BCUT2D eigenvalue weighted by Gasteiger charge is 2.58. The molecule has 3 amide bonds. The van der Waals surface area contributed by atoms with Crippen LogP contribution in [0.3, 0.4) is 0 Å². The SMILES string of the molecule is CC(C)CCNC(=O)CN1OC2C(=O)N(C)C(=O)C2C1c1ccc(Cl)cc1. The van der Waals surface area contributed by atoms with Gasteiger partial charge in [0.15, 0.2) is 6.10 Å². The Labute approximate surface area is 163 Å². The molecule has 2 heterocycles. The number of hydroxylamine groups is 2. The largest absolute Gasteiger partial charge is 0.355 e. The van der Waals surface area contributed by atoms with Crippen LogP contribution in [0.1, 0.15) is 31.9 Å². The molecule has 2 aliphatic heterocycles. The van der Waals surface area contributed by atoms with Crippen molar-refractivity contribution >= 4 is 29.3 Å². The van der Waals surface area contributed by atoms with Crippen LogP contribution in [0.15, 0.2) is 24.3 Å². The first-order valence-corrected chi connectivity index (χ1v) is 9.44. The van der Waals surface area contributed by atoms with Crippen LogP contribution < -0.4 is 5.32 Å². The zero-order chi connectivity index (χ0) is 19.7. The van der Waals surface area contributed by atoms with Crippen molar-refractivity contribution < 1.29 is 19.2 Å². The fraction of sp³-hybridized carbons (Fsp3) is 0.526. The summed E-state index contributed by atoms with van der Waals surface area (Å²) in [6.45, 7) is 4.69. The Morgan fingerprint density at radius 3 is 2.52 bits per heavy atom. The van der Waals surface area contributed by atoms with Crippen molar-refractivity contribution in [3.8, 4) is 0 Å². The van der Waals surface area contributed by atoms with E-state index in [-0.39, 0.29) is 24.3 Å². The highest BCUT2D eigenvalue weighted by molar-refractivity contribution is 6.30. The number of carbonyl (C=O) groups excluding carboxylic acids is 3. The van der Waals surface area contributed by atoms with Gasteiger partial charge in [0.1, 0.15) is 6.54 Å². The van der Waals surface area contributed by atoms with E-state index in [1.54, 1.807) is 24.3 Å². The minimum Gasteiger partial charge on any atom is -0.355 e. The Morgan fingerprint density at radius 1 is 1.22 bits per heavy atom. The smallest absolute Gasteiger partial charge is 0.261 e. The molecule has 1 N–H and O–H groups in total. The molecule has 146 valence electrons. The van der Waals surface area contributed by atoms with Gasteiger partial charge in [0, 0.05) is 18.6 Å². The number of hydrogen-bond acceptors (Lipinski definition) is 5. The van der Waals surface area contributed by atoms with Gasteiger partial charge in [0.2, 0.25) is 11.8 Å². The number of carbonyl (C=O) groups is 3. The molecular formula is C19H24ClN3O4. The van der Waals surface area contributed by atoms with Crippen molar-refractivity contribution in [1.29, 1.82) is 0 Å². The lowest BCUT2D eigenvalue weighted by Crippen LogP contribution is -2.40. The van der Waals surface area contributed by atoms with Gasteiger partial charge < -0.3 is 5.32 Å². The summed E-state index contributed by atoms with van der Waals surface area (Å²) in [7, 11) is 1.45. The molecule has 2 fully saturated rings. The van der Waals surface area contributed by atoms with Crippen LogP contribution in [0.4, 0.5) is 0 Å². The molecule has 27 heavy (non-hydrogen) atoms. The van der Waals surface area contributed by atoms with E-state index in [1.165, 1.54) is 12.1 Å². The van der Waals surface area contributed by atoms with Gasteiger partial charge in [-0.25, -0.2) is 0 Å². The molecule has 0 radical (unpaired) electrons. The van der Waals surface area contributed by atoms with Crippen molar-refractivity contribution in [2.75, 3.05) is 20.1 Å². The average Bonchev–Trinajstić information content (AvgIpc) is 3.07. The highest BCUT2D eigenvalue weighted by atomic mass is 35.5. The van der Waals surface area contributed by atoms with Gasteiger partial charge in [-0.15, -0.1) is 0 Å². The lowest BCUT2D eigenvalue weighted by molar-refractivity contribution is -0.181. The standard InChI is InChI=1S/C19H24ClN3O4/c1-11(2)8-9-21-14(24)10-23-16(12-4-6-13(20)7-5-12)15-17(27-23)19(26)22(3)18(15)25/h4-7,11,15-17H,8-10H2,1-3H3,(H,21,24). The number of halogens is 1. The lowest BCUT2D eigenvalue weighted by atomic mass is 9.91. The van der Waals surface area contributed by atoms with Gasteiger partial charge in [-0.05, 0) is 30.0 Å². The molecule has 8 heteroatoms. The number of likely N-dealkylation sites (N-methyl/N-ethyl adjacent to an activating group) is 1. The van der Waals surface area contributed by atoms with Crippen molar-refractivity contribution in [3.63, 3.8) is 0 Å². The minimum absolute atomic E-state index is 0.0529. The van der Waals surface area contributed by atoms with Gasteiger partial charge in [-0.3, -0.25) is 24.1 Å². The Balaban J connectivity index is 1.80. The van der Waals surface area contributed by atoms with E-state index >= 15 is 0 Å². The number of hydrogen-bond donors (Lipinski definition) is 1. The third kappa shape index (κ3) is 4.00. The van der Waals surface area contributed by atoms with Crippen LogP contribution in [0.25, 0.3) is 0 Å². The van der Waals surface area contributed by atoms with Gasteiger partial charge >= 0.3 is 0 Å². The number of fused-ring (bicyclic) bond motifs is 1. The van der Waals surface area contributed by atoms with Crippen LogP contribution in [-0.2, 0) is 19.2 Å². The molecule has 1 aromatic rings. The van der Waals surface area contributed by atoms with Gasteiger partial charge in [0.25, 0.3) is 5.91 Å². The number of nitrogens with one attached hydrogen (secondary N) is 1. The molecule has 2 aliphatic rings. The van der Waals surface area contributed by atoms with Crippen LogP contribution in [0.5, 0.6) is 0 Å². The molecule has 2 saturated heterocycles. The zero-order valence-electron chi connectivity index (χ0n) is 15.6. The summed E-state index contributed by atoms with van der Waals surface area (Å²) in [4.78, 5) is 44.1. The summed E-state index contributed by atoms with van der Waals surface area (Å²) in [5, 5.41) is 4.88. The van der Waals surface area contributed by atoms with E-state index in [2.05, 4.69) is 19.2 Å². The van der Waals surface area contributed by atoms with Crippen LogP contribution in [0, 0.1) is 11.8 Å². The Morgan fingerprint density at radius 2 is 1.89 bits per heavy atom. The predicted octanol–water partition coefficient (Wildman–Crippen LogP) is 1.77. The van der Waals surface area contributed by atoms with E-state index in [1.807, 2.05) is 0 Å². The molecule has 7 nitrogen and oxygen atoms in total. The van der Waals surface area contributed by atoms with Crippen LogP contribution in [0.2, 0.25) is 5.02 Å². The van der Waals surface area contributed by atoms with E-state index in [4.69, 9.17) is 16.4 Å². The number of rotatable bonds is 6. The number of likely N-dealkylation sites (tertiary alicyclic amines) is 1. The molecule has 0 bridgehead atoms. The minimum atomic E-state index is -0.897. The highest BCUT2D eigenvalue weighted by Crippen LogP contribution is 2.44. The second-order valence-corrected chi connectivity index (χ2v) is 7.83. The van der Waals surface area contributed by atoms with Gasteiger partial charge in [0.05, 0.1) is 12.0 Å². The molecular weight excluding hydrogens is 370 g/mol. The second kappa shape index (κ2) is 7.96. The second-order valence-electron chi connectivity index (χ2n) is 7.39. The fourth-order valence-corrected chi connectivity index (χ4v) is 3.60. The van der Waals surface area contributed by atoms with E-state index in [0.29, 0.717) is 17.5 Å². The third-order valence-corrected chi connectivity index (χ3v) is 5.22. The summed E-state index contributed by atoms with van der Waals surface area (Å²) in [5.74, 6) is -1.07. The quantitative estimate of drug-likeness (QED) is 0.745. The molecule has 0 spiro atoms. The molecule has 3 unspecified atom stereocenters. The first-order chi connectivity index (χ1) is 12.8. The molecule has 1 aromatic carbocycles. The lowest BCUT2D eigenvalue weighted by Gasteiger charge is -2.26. The number of amides is 3. The maximum Gasteiger partial charge on any atom is 0.261 e. The zero-order valence-corrected chi connectivity index (χ0v) is 16.4. The van der Waals surface area contributed by atoms with Crippen LogP contribution in [-0.4, -0.2) is 53.9 Å². The van der Waals surface area contributed by atoms with Crippen molar-refractivity contribution in [2.24, 2.45) is 11.8 Å². The Kier molecular flexibility index (Phi) is 5.83. The number of nitrogens with zero attached hydrogens (tertiary/aromatic N) is 2. The molecule has 3 atom stereocenters. The summed E-state index contributed by atoms with van der Waals surface area (Å²) < 4.78 is 0. The first kappa shape index (κ1) is 19.8. The third-order valence-electron chi connectivity index (χ3n) is 4.97. The summed E-state index contributed by atoms with van der Waals surface area (Å²) in [6.07, 6.45) is -0.0214. The van der Waals surface area contributed by atoms with Crippen molar-refractivity contribution in [1.82, 2.24) is 15.3 Å². The number of imide groups is 1. The van der Waals surface area contributed by atoms with Crippen molar-refractivity contribution in [3.05, 3.63) is 34.9 Å². The predicted molar refractivity (Wildman–Crippen MR) is 99.5 cm³/mol. The monoisotopic (exact) mass is 393 g/mol. The summed E-state index contributed by atoms with van der Waals surface area (Å²) in [5.41, 5.74) is 0.776. The summed E-state index contributed by atoms with van der Waals surface area (Å²) in [6, 6.07) is 6.49.